The van der Waals surface area contributed by atoms with E-state index in [1.807, 2.05) is 30.3 Å². The maximum Gasteiger partial charge on any atom is 0.250 e. The van der Waals surface area contributed by atoms with Crippen molar-refractivity contribution in [2.75, 3.05) is 27.2 Å². The summed E-state index contributed by atoms with van der Waals surface area (Å²) in [5, 5.41) is 18.3. The first-order chi connectivity index (χ1) is 30.5. The van der Waals surface area contributed by atoms with Crippen molar-refractivity contribution in [2.24, 2.45) is 0 Å². The van der Waals surface area contributed by atoms with Crippen LogP contribution in [-0.2, 0) is 48.0 Å². The van der Waals surface area contributed by atoms with Gasteiger partial charge in [-0.3, -0.25) is 28.8 Å². The molecule has 0 saturated carbocycles. The Balaban J connectivity index is 1.11. The largest absolute Gasteiger partial charge is 0.347 e. The Morgan fingerprint density at radius 3 is 1.65 bits per heavy atom. The Morgan fingerprint density at radius 1 is 0.603 bits per heavy atom. The molecule has 63 heavy (non-hydrogen) atoms. The molecule has 7 rings (SSSR count). The minimum atomic E-state index is -1.14. The zero-order valence-corrected chi connectivity index (χ0v) is 37.1. The van der Waals surface area contributed by atoms with E-state index in [9.17, 15) is 28.8 Å². The van der Waals surface area contributed by atoms with Crippen LogP contribution in [0.2, 0.25) is 0 Å². The zero-order valence-electron chi connectivity index (χ0n) is 37.1. The fourth-order valence-electron chi connectivity index (χ4n) is 9.76. The van der Waals surface area contributed by atoms with Gasteiger partial charge in [0.05, 0.1) is 24.2 Å². The van der Waals surface area contributed by atoms with Crippen LogP contribution in [0.25, 0.3) is 0 Å². The van der Waals surface area contributed by atoms with Gasteiger partial charge < -0.3 is 41.7 Å². The highest BCUT2D eigenvalue weighted by atomic mass is 16.2. The molecule has 0 aromatic heterocycles. The van der Waals surface area contributed by atoms with E-state index in [0.717, 1.165) is 49.7 Å². The van der Waals surface area contributed by atoms with Crippen molar-refractivity contribution in [1.82, 2.24) is 41.7 Å². The first-order valence-electron chi connectivity index (χ1n) is 22.9. The van der Waals surface area contributed by atoms with Gasteiger partial charge in [-0.2, -0.15) is 0 Å². The van der Waals surface area contributed by atoms with E-state index >= 15 is 0 Å². The fraction of sp³-hybridized carbons (Fsp3) is 0.510. The second kappa shape index (κ2) is 20.7. The molecule has 3 aromatic carbocycles. The third-order valence-corrected chi connectivity index (χ3v) is 13.6. The van der Waals surface area contributed by atoms with E-state index in [1.165, 1.54) is 11.1 Å². The third-order valence-electron chi connectivity index (χ3n) is 13.6. The number of nitrogens with zero attached hydrogens (tertiary/aromatic N) is 2. The number of rotatable bonds is 15. The lowest BCUT2D eigenvalue weighted by Crippen LogP contribution is -2.56. The summed E-state index contributed by atoms with van der Waals surface area (Å²) in [7, 11) is 3.33. The van der Waals surface area contributed by atoms with Crippen molar-refractivity contribution in [3.05, 3.63) is 106 Å². The Kier molecular flexibility index (Phi) is 14.9. The van der Waals surface area contributed by atoms with Gasteiger partial charge in [0, 0.05) is 19.5 Å². The molecule has 6 amide bonds. The molecule has 6 N–H and O–H groups in total. The molecule has 0 unspecified atom stereocenters. The Labute approximate surface area is 371 Å². The average molecular weight is 861 g/mol. The van der Waals surface area contributed by atoms with Gasteiger partial charge in [-0.15, -0.1) is 0 Å². The minimum Gasteiger partial charge on any atom is -0.347 e. The standard InChI is InChI=1S/C49H64N8O6/c1-30(50-3)44(58)54-40(48(62)56-26-12-24-41(56)46(60)52-38-22-10-17-33-15-5-7-20-36(33)38)29-32-14-9-19-35(28-32)43(55-45(59)31(2)51-4)49(63)57-27-13-25-42(57)47(61)53-39-23-11-18-34-16-6-8-21-37(34)39/h5-9,14-16,19-21,28,30-31,38-43,50-51H,10-13,17-18,22-27,29H2,1-4H3,(H,52,60)(H,53,61)(H,54,58)(H,55,59)/t30-,31-,38+,39+,40-,41-,42-,43-/m0/s1. The summed E-state index contributed by atoms with van der Waals surface area (Å²) in [6.45, 7) is 4.13. The lowest BCUT2D eigenvalue weighted by Gasteiger charge is -2.32. The molecule has 2 heterocycles. The van der Waals surface area contributed by atoms with E-state index in [0.29, 0.717) is 49.9 Å². The predicted molar refractivity (Wildman–Crippen MR) is 240 cm³/mol. The number of amides is 6. The van der Waals surface area contributed by atoms with Gasteiger partial charge in [0.2, 0.25) is 35.4 Å². The molecule has 14 nitrogen and oxygen atoms in total. The summed E-state index contributed by atoms with van der Waals surface area (Å²) in [6.07, 6.45) is 7.83. The number of fused-ring (bicyclic) bond motifs is 2. The minimum absolute atomic E-state index is 0.0646. The number of carbonyl (C=O) groups is 6. The lowest BCUT2D eigenvalue weighted by molar-refractivity contribution is -0.142. The zero-order chi connectivity index (χ0) is 44.6. The van der Waals surface area contributed by atoms with Crippen LogP contribution in [0.1, 0.15) is 117 Å². The average Bonchev–Trinajstić information content (AvgIpc) is 4.01. The third kappa shape index (κ3) is 10.4. The fourth-order valence-corrected chi connectivity index (χ4v) is 9.76. The number of nitrogens with one attached hydrogen (secondary N) is 6. The molecule has 4 aliphatic rings. The van der Waals surface area contributed by atoms with E-state index in [4.69, 9.17) is 0 Å². The molecule has 2 saturated heterocycles. The maximum atomic E-state index is 14.7. The molecule has 0 radical (unpaired) electrons. The number of hydrogen-bond donors (Lipinski definition) is 6. The van der Waals surface area contributed by atoms with Crippen LogP contribution in [0.3, 0.4) is 0 Å². The number of likely N-dealkylation sites (tertiary alicyclic amines) is 2. The van der Waals surface area contributed by atoms with E-state index < -0.39 is 48.1 Å². The number of likely N-dealkylation sites (N-methyl/N-ethyl adjacent to an activating group) is 2. The maximum absolute atomic E-state index is 14.7. The Hall–Kier alpha value is -5.60. The van der Waals surface area contributed by atoms with Crippen molar-refractivity contribution in [1.29, 1.82) is 0 Å². The first-order valence-corrected chi connectivity index (χ1v) is 22.9. The SMILES string of the molecule is CN[C@@H](C)C(=O)N[C@@H](Cc1cccc([C@H](NC(=O)[C@H](C)NC)C(=O)N2CCC[C@H]2C(=O)N[C@@H]2CCCc3ccccc32)c1)C(=O)N1CCC[C@H]1C(=O)N[C@@H]1CCCc2ccccc21. The first kappa shape index (κ1) is 45.4. The van der Waals surface area contributed by atoms with E-state index in [2.05, 4.69) is 56.2 Å². The summed E-state index contributed by atoms with van der Waals surface area (Å²) >= 11 is 0. The van der Waals surface area contributed by atoms with Crippen LogP contribution in [0.15, 0.2) is 72.8 Å². The normalized spacial score (nSPS) is 22.4. The van der Waals surface area contributed by atoms with Crippen molar-refractivity contribution >= 4 is 35.4 Å². The topological polar surface area (TPSA) is 181 Å². The number of benzene rings is 3. The molecular formula is C49H64N8O6. The molecule has 14 heteroatoms. The quantitative estimate of drug-likeness (QED) is 0.135. The second-order valence-electron chi connectivity index (χ2n) is 17.7. The number of hydrogen-bond acceptors (Lipinski definition) is 8. The molecule has 0 bridgehead atoms. The molecule has 2 aliphatic carbocycles. The highest BCUT2D eigenvalue weighted by Crippen LogP contribution is 2.33. The predicted octanol–water partition coefficient (Wildman–Crippen LogP) is 3.46. The smallest absolute Gasteiger partial charge is 0.250 e. The highest BCUT2D eigenvalue weighted by molar-refractivity contribution is 5.95. The lowest BCUT2D eigenvalue weighted by atomic mass is 9.87. The van der Waals surface area contributed by atoms with Crippen LogP contribution < -0.4 is 31.9 Å². The molecule has 336 valence electrons. The molecular weight excluding hydrogens is 797 g/mol. The summed E-state index contributed by atoms with van der Waals surface area (Å²) in [5.74, 6) is -1.95. The van der Waals surface area contributed by atoms with Crippen LogP contribution >= 0.6 is 0 Å². The number of aryl methyl sites for hydroxylation is 2. The van der Waals surface area contributed by atoms with Gasteiger partial charge in [0.15, 0.2) is 0 Å². The summed E-state index contributed by atoms with van der Waals surface area (Å²) in [4.78, 5) is 87.4. The van der Waals surface area contributed by atoms with E-state index in [1.54, 1.807) is 55.9 Å². The van der Waals surface area contributed by atoms with Gasteiger partial charge >= 0.3 is 0 Å². The highest BCUT2D eigenvalue weighted by Gasteiger charge is 2.41. The van der Waals surface area contributed by atoms with Gasteiger partial charge in [0.25, 0.3) is 0 Å². The van der Waals surface area contributed by atoms with Gasteiger partial charge in [0.1, 0.15) is 24.2 Å². The summed E-state index contributed by atoms with van der Waals surface area (Å²) in [5.41, 5.74) is 5.79. The van der Waals surface area contributed by atoms with Crippen molar-refractivity contribution in [2.45, 2.75) is 133 Å². The summed E-state index contributed by atoms with van der Waals surface area (Å²) in [6, 6.07) is 18.4. The van der Waals surface area contributed by atoms with Crippen LogP contribution in [0, 0.1) is 0 Å². The van der Waals surface area contributed by atoms with Gasteiger partial charge in [-0.1, -0.05) is 72.8 Å². The molecule has 3 aromatic rings. The van der Waals surface area contributed by atoms with Gasteiger partial charge in [-0.25, -0.2) is 0 Å². The summed E-state index contributed by atoms with van der Waals surface area (Å²) < 4.78 is 0. The molecule has 8 atom stereocenters. The molecule has 2 fully saturated rings. The Morgan fingerprint density at radius 2 is 1.11 bits per heavy atom. The Bertz CT molecular complexity index is 2160. The van der Waals surface area contributed by atoms with Gasteiger partial charge in [-0.05, 0) is 126 Å². The van der Waals surface area contributed by atoms with Crippen molar-refractivity contribution in [3.8, 4) is 0 Å². The van der Waals surface area contributed by atoms with Crippen LogP contribution in [0.4, 0.5) is 0 Å². The van der Waals surface area contributed by atoms with Crippen molar-refractivity contribution in [3.63, 3.8) is 0 Å². The van der Waals surface area contributed by atoms with Crippen LogP contribution in [0.5, 0.6) is 0 Å². The number of carbonyl (C=O) groups excluding carboxylic acids is 6. The second-order valence-corrected chi connectivity index (χ2v) is 17.7. The molecule has 2 aliphatic heterocycles. The van der Waals surface area contributed by atoms with Crippen LogP contribution in [-0.4, -0.2) is 103 Å². The van der Waals surface area contributed by atoms with Crippen molar-refractivity contribution < 1.29 is 28.8 Å². The molecule has 0 spiro atoms. The monoisotopic (exact) mass is 860 g/mol. The van der Waals surface area contributed by atoms with E-state index in [-0.39, 0.29) is 42.1 Å².